The van der Waals surface area contributed by atoms with Gasteiger partial charge in [0.25, 0.3) is 0 Å². The van der Waals surface area contributed by atoms with E-state index < -0.39 is 6.03 Å². The summed E-state index contributed by atoms with van der Waals surface area (Å²) in [5.74, 6) is 4.40. The lowest BCUT2D eigenvalue weighted by atomic mass is 9.45. The highest BCUT2D eigenvalue weighted by Gasteiger charge is 2.61. The molecule has 4 aliphatic rings. The second-order valence-electron chi connectivity index (χ2n) is 14.1. The van der Waals surface area contributed by atoms with Gasteiger partial charge >= 0.3 is 6.03 Å². The molecule has 0 aromatic heterocycles. The van der Waals surface area contributed by atoms with Crippen molar-refractivity contribution < 1.29 is 9.90 Å². The summed E-state index contributed by atoms with van der Waals surface area (Å²) in [4.78, 5) is 23.9. The van der Waals surface area contributed by atoms with Gasteiger partial charge in [0.15, 0.2) is 0 Å². The molecule has 6 nitrogen and oxygen atoms in total. The zero-order chi connectivity index (χ0) is 27.7. The van der Waals surface area contributed by atoms with Crippen LogP contribution >= 0.6 is 11.6 Å². The van der Waals surface area contributed by atoms with Crippen molar-refractivity contribution in [1.29, 1.82) is 0 Å². The maximum absolute atomic E-state index is 12.7. The summed E-state index contributed by atoms with van der Waals surface area (Å²) in [5, 5.41) is 17.3. The smallest absolute Gasteiger partial charge is 0.340 e. The van der Waals surface area contributed by atoms with Crippen molar-refractivity contribution in [3.05, 3.63) is 16.6 Å². The van der Waals surface area contributed by atoms with Crippen LogP contribution in [0.4, 0.5) is 4.79 Å². The predicted molar refractivity (Wildman–Crippen MR) is 155 cm³/mol. The van der Waals surface area contributed by atoms with Gasteiger partial charge in [-0.25, -0.2) is 4.79 Å². The molecule has 0 saturated heterocycles. The van der Waals surface area contributed by atoms with Crippen molar-refractivity contribution in [2.45, 2.75) is 105 Å². The number of halogens is 1. The van der Waals surface area contributed by atoms with Gasteiger partial charge in [0.1, 0.15) is 0 Å². The molecule has 0 aliphatic heterocycles. The first-order valence-corrected chi connectivity index (χ1v) is 15.9. The Hall–Kier alpha value is -1.14. The molecule has 216 valence electrons. The molecule has 0 heterocycles. The van der Waals surface area contributed by atoms with Gasteiger partial charge in [-0.3, -0.25) is 0 Å². The van der Waals surface area contributed by atoms with E-state index in [-0.39, 0.29) is 29.9 Å². The Morgan fingerprint density at radius 3 is 2.61 bits per heavy atom. The van der Waals surface area contributed by atoms with Gasteiger partial charge < -0.3 is 10.4 Å². The SMILES string of the molecule is CC(C)CCC[C@@H](C)[C@H]1CCC2C3C(CC[C@@]21C)[C@@]1(C)CC[C@H](O)CC1=C[C@H]3CNC(=O)N(CCCl)N=O. The number of carbonyl (C=O) groups is 1. The maximum Gasteiger partial charge on any atom is 0.340 e. The number of alkyl halides is 1. The van der Waals surface area contributed by atoms with Gasteiger partial charge in [-0.15, -0.1) is 16.5 Å². The Morgan fingerprint density at radius 2 is 1.92 bits per heavy atom. The Labute approximate surface area is 235 Å². The molecule has 3 unspecified atom stereocenters. The molecule has 0 aromatic carbocycles. The van der Waals surface area contributed by atoms with Crippen molar-refractivity contribution in [2.75, 3.05) is 19.0 Å². The molecular weight excluding hydrogens is 498 g/mol. The summed E-state index contributed by atoms with van der Waals surface area (Å²) in [7, 11) is 0. The number of nitrogens with zero attached hydrogens (tertiary/aromatic N) is 2. The fraction of sp³-hybridized carbons (Fsp3) is 0.903. The number of aliphatic hydroxyl groups excluding tert-OH is 1. The van der Waals surface area contributed by atoms with Crippen LogP contribution in [0.1, 0.15) is 98.8 Å². The molecule has 7 heteroatoms. The Balaban J connectivity index is 1.58. The number of fused-ring (bicyclic) bond motifs is 5. The third-order valence-corrected chi connectivity index (χ3v) is 11.7. The van der Waals surface area contributed by atoms with Crippen LogP contribution in [-0.2, 0) is 0 Å². The van der Waals surface area contributed by atoms with Crippen molar-refractivity contribution in [3.63, 3.8) is 0 Å². The second kappa shape index (κ2) is 12.2. The predicted octanol–water partition coefficient (Wildman–Crippen LogP) is 7.55. The van der Waals surface area contributed by atoms with E-state index in [2.05, 4.69) is 51.3 Å². The molecule has 2 N–H and O–H groups in total. The normalized spacial score (nSPS) is 39.0. The van der Waals surface area contributed by atoms with E-state index in [9.17, 15) is 14.8 Å². The highest BCUT2D eigenvalue weighted by molar-refractivity contribution is 6.18. The Kier molecular flexibility index (Phi) is 9.55. The number of urea groups is 1. The molecule has 4 aliphatic carbocycles. The summed E-state index contributed by atoms with van der Waals surface area (Å²) in [5.41, 5.74) is 1.87. The largest absolute Gasteiger partial charge is 0.393 e. The Bertz CT molecular complexity index is 880. The number of hydrogen-bond acceptors (Lipinski definition) is 4. The third-order valence-electron chi connectivity index (χ3n) is 11.6. The zero-order valence-corrected chi connectivity index (χ0v) is 25.2. The van der Waals surface area contributed by atoms with Crippen LogP contribution in [0.15, 0.2) is 16.9 Å². The summed E-state index contributed by atoms with van der Waals surface area (Å²) in [6.45, 7) is 12.8. The number of rotatable bonds is 10. The van der Waals surface area contributed by atoms with Crippen LogP contribution < -0.4 is 5.32 Å². The molecule has 3 saturated carbocycles. The summed E-state index contributed by atoms with van der Waals surface area (Å²) in [6, 6.07) is -0.464. The van der Waals surface area contributed by atoms with Gasteiger partial charge in [-0.05, 0) is 97.2 Å². The lowest BCUT2D eigenvalue weighted by Gasteiger charge is -2.60. The molecule has 0 aromatic rings. The minimum atomic E-state index is -0.464. The first kappa shape index (κ1) is 29.8. The fourth-order valence-electron chi connectivity index (χ4n) is 9.58. The van der Waals surface area contributed by atoms with Crippen molar-refractivity contribution in [2.24, 2.45) is 57.5 Å². The van der Waals surface area contributed by atoms with E-state index in [4.69, 9.17) is 11.6 Å². The van der Waals surface area contributed by atoms with Crippen LogP contribution in [0.25, 0.3) is 0 Å². The maximum atomic E-state index is 12.7. The van der Waals surface area contributed by atoms with Gasteiger partial charge in [-0.2, -0.15) is 5.01 Å². The van der Waals surface area contributed by atoms with Gasteiger partial charge in [0, 0.05) is 12.4 Å². The molecule has 4 rings (SSSR count). The first-order valence-electron chi connectivity index (χ1n) is 15.4. The third kappa shape index (κ3) is 5.68. The molecule has 0 spiro atoms. The summed E-state index contributed by atoms with van der Waals surface area (Å²) in [6.07, 6.45) is 13.9. The van der Waals surface area contributed by atoms with Gasteiger partial charge in [-0.1, -0.05) is 65.5 Å². The van der Waals surface area contributed by atoms with Crippen LogP contribution in [-0.4, -0.2) is 41.2 Å². The first-order chi connectivity index (χ1) is 18.0. The minimum Gasteiger partial charge on any atom is -0.393 e. The molecular formula is C31H52ClN3O3. The fourth-order valence-corrected chi connectivity index (χ4v) is 9.74. The van der Waals surface area contributed by atoms with E-state index in [1.807, 2.05) is 0 Å². The number of nitrogens with one attached hydrogen (secondary N) is 1. The van der Waals surface area contributed by atoms with E-state index in [0.29, 0.717) is 29.7 Å². The van der Waals surface area contributed by atoms with Crippen LogP contribution in [0.5, 0.6) is 0 Å². The lowest BCUT2D eigenvalue weighted by Crippen LogP contribution is -2.55. The Morgan fingerprint density at radius 1 is 1.16 bits per heavy atom. The molecule has 0 radical (unpaired) electrons. The average molecular weight is 550 g/mol. The van der Waals surface area contributed by atoms with Crippen LogP contribution in [0.3, 0.4) is 0 Å². The van der Waals surface area contributed by atoms with Crippen LogP contribution in [0, 0.1) is 57.2 Å². The minimum absolute atomic E-state index is 0.107. The number of aliphatic hydroxyl groups is 1. The number of hydrogen-bond donors (Lipinski definition) is 2. The zero-order valence-electron chi connectivity index (χ0n) is 24.4. The highest BCUT2D eigenvalue weighted by Crippen LogP contribution is 2.68. The summed E-state index contributed by atoms with van der Waals surface area (Å²) >= 11 is 5.77. The van der Waals surface area contributed by atoms with E-state index in [1.54, 1.807) is 0 Å². The van der Waals surface area contributed by atoms with Gasteiger partial charge in [0.2, 0.25) is 0 Å². The van der Waals surface area contributed by atoms with Crippen molar-refractivity contribution in [1.82, 2.24) is 10.3 Å². The lowest BCUT2D eigenvalue weighted by molar-refractivity contribution is -0.0751. The quantitative estimate of drug-likeness (QED) is 0.128. The number of carbonyl (C=O) groups excluding carboxylic acids is 1. The monoisotopic (exact) mass is 549 g/mol. The van der Waals surface area contributed by atoms with Crippen molar-refractivity contribution in [3.8, 4) is 0 Å². The van der Waals surface area contributed by atoms with Crippen LogP contribution in [0.2, 0.25) is 0 Å². The molecule has 0 bridgehead atoms. The summed E-state index contributed by atoms with van der Waals surface area (Å²) < 4.78 is 0. The highest BCUT2D eigenvalue weighted by atomic mass is 35.5. The molecule has 9 atom stereocenters. The van der Waals surface area contributed by atoms with E-state index in [0.717, 1.165) is 42.0 Å². The van der Waals surface area contributed by atoms with Crippen molar-refractivity contribution >= 4 is 17.6 Å². The van der Waals surface area contributed by atoms with E-state index >= 15 is 0 Å². The molecule has 3 fully saturated rings. The van der Waals surface area contributed by atoms with E-state index in [1.165, 1.54) is 50.5 Å². The molecule has 38 heavy (non-hydrogen) atoms. The number of amides is 2. The standard InChI is InChI=1S/C31H52ClN3O3/c1-20(2)7-6-8-21(3)25-9-10-26-28-22(19-33-29(37)35(34-38)16-15-32)17-23-18-24(36)11-13-30(23,4)27(28)12-14-31(25,26)5/h17,20-22,24-28,36H,6-16,18-19H2,1-5H3,(H,33,37)/t21-,22+,24+,25-,26?,27?,28?,30+,31-/m1/s1. The van der Waals surface area contributed by atoms with Gasteiger partial charge in [0.05, 0.1) is 17.9 Å². The topological polar surface area (TPSA) is 82.0 Å². The second-order valence-corrected chi connectivity index (χ2v) is 14.4. The average Bonchev–Trinajstić information content (AvgIpc) is 3.23. The number of nitroso groups, excluding NO2 is 1. The molecule has 2 amide bonds.